The van der Waals surface area contributed by atoms with Crippen LogP contribution in [0.25, 0.3) is 22.4 Å². The van der Waals surface area contributed by atoms with E-state index in [1.807, 2.05) is 0 Å². The van der Waals surface area contributed by atoms with Gasteiger partial charge in [0.2, 0.25) is 5.91 Å². The number of carbonyl (C=O) groups is 1. The average Bonchev–Trinajstić information content (AvgIpc) is 3.08. The molecule has 3 aromatic rings. The molecule has 3 N–H and O–H groups in total. The second kappa shape index (κ2) is 8.86. The fraction of sp³-hybridized carbons (Fsp3) is 0.368. The van der Waals surface area contributed by atoms with Gasteiger partial charge in [0.15, 0.2) is 5.82 Å². The van der Waals surface area contributed by atoms with Gasteiger partial charge in [0, 0.05) is 36.1 Å². The van der Waals surface area contributed by atoms with Crippen molar-refractivity contribution in [3.63, 3.8) is 0 Å². The highest BCUT2D eigenvalue weighted by Crippen LogP contribution is 2.27. The van der Waals surface area contributed by atoms with Gasteiger partial charge in [0.25, 0.3) is 0 Å². The summed E-state index contributed by atoms with van der Waals surface area (Å²) >= 11 is 6.03. The molecule has 0 saturated carbocycles. The molecule has 3 aromatic heterocycles. The Balaban J connectivity index is 1.78. The van der Waals surface area contributed by atoms with Crippen LogP contribution in [0, 0.1) is 5.92 Å². The molecule has 7 nitrogen and oxygen atoms in total. The fourth-order valence-corrected chi connectivity index (χ4v) is 3.02. The third-order valence-electron chi connectivity index (χ3n) is 4.35. The molecule has 0 spiro atoms. The van der Waals surface area contributed by atoms with E-state index in [0.717, 1.165) is 5.39 Å². The number of carbonyl (C=O) groups excluding carboxylic acids is 1. The van der Waals surface area contributed by atoms with Crippen molar-refractivity contribution in [2.45, 2.75) is 32.5 Å². The van der Waals surface area contributed by atoms with Gasteiger partial charge in [-0.2, -0.15) is 13.2 Å². The van der Waals surface area contributed by atoms with Gasteiger partial charge in [-0.1, -0.05) is 25.4 Å². The van der Waals surface area contributed by atoms with Gasteiger partial charge in [-0.15, -0.1) is 0 Å². The second-order valence-electron chi connectivity index (χ2n) is 7.04. The number of hydrogen-bond acceptors (Lipinski definition) is 5. The maximum atomic E-state index is 12.4. The van der Waals surface area contributed by atoms with Gasteiger partial charge in [0.1, 0.15) is 17.5 Å². The van der Waals surface area contributed by atoms with E-state index in [4.69, 9.17) is 11.6 Å². The predicted molar refractivity (Wildman–Crippen MR) is 108 cm³/mol. The first-order valence-corrected chi connectivity index (χ1v) is 9.59. The third-order valence-corrected chi connectivity index (χ3v) is 4.56. The highest BCUT2D eigenvalue weighted by molar-refractivity contribution is 6.31. The van der Waals surface area contributed by atoms with Gasteiger partial charge >= 0.3 is 6.18 Å². The van der Waals surface area contributed by atoms with Gasteiger partial charge in [-0.3, -0.25) is 4.79 Å². The largest absolute Gasteiger partial charge is 0.390 e. The second-order valence-corrected chi connectivity index (χ2v) is 7.48. The van der Waals surface area contributed by atoms with Crippen LogP contribution >= 0.6 is 11.6 Å². The Labute approximate surface area is 175 Å². The molecule has 0 saturated heterocycles. The molecule has 0 aliphatic rings. The van der Waals surface area contributed by atoms with Crippen LogP contribution in [0.1, 0.15) is 20.3 Å². The van der Waals surface area contributed by atoms with Crippen molar-refractivity contribution in [3.8, 4) is 11.4 Å². The zero-order valence-corrected chi connectivity index (χ0v) is 17.0. The van der Waals surface area contributed by atoms with E-state index in [0.29, 0.717) is 27.9 Å². The van der Waals surface area contributed by atoms with Gasteiger partial charge in [0.05, 0.1) is 11.4 Å². The summed E-state index contributed by atoms with van der Waals surface area (Å²) in [4.78, 5) is 28.3. The number of fused-ring (bicyclic) bond motifs is 1. The number of nitrogens with zero attached hydrogens (tertiary/aromatic N) is 3. The number of anilines is 1. The number of nitrogens with one attached hydrogen (secondary N) is 3. The van der Waals surface area contributed by atoms with Crippen LogP contribution in [0.5, 0.6) is 0 Å². The summed E-state index contributed by atoms with van der Waals surface area (Å²) in [6.45, 7) is 3.10. The van der Waals surface area contributed by atoms with Gasteiger partial charge in [-0.05, 0) is 18.1 Å². The van der Waals surface area contributed by atoms with Crippen LogP contribution < -0.4 is 10.6 Å². The SMILES string of the molecule is CC(C)C(Nc1ccnc(-c2c[nH]c3ncc(Cl)cc23)n1)C(=O)NCCC(F)(F)F. The number of pyridine rings is 1. The van der Waals surface area contributed by atoms with E-state index in [2.05, 4.69) is 30.6 Å². The monoisotopic (exact) mass is 440 g/mol. The van der Waals surface area contributed by atoms with E-state index in [9.17, 15) is 18.0 Å². The minimum Gasteiger partial charge on any atom is -0.358 e. The fourth-order valence-electron chi connectivity index (χ4n) is 2.86. The molecule has 0 radical (unpaired) electrons. The van der Waals surface area contributed by atoms with E-state index in [1.54, 1.807) is 32.2 Å². The van der Waals surface area contributed by atoms with Crippen LogP contribution in [0.15, 0.2) is 30.7 Å². The lowest BCUT2D eigenvalue weighted by molar-refractivity contribution is -0.135. The lowest BCUT2D eigenvalue weighted by atomic mass is 10.0. The quantitative estimate of drug-likeness (QED) is 0.512. The van der Waals surface area contributed by atoms with Crippen molar-refractivity contribution in [1.29, 1.82) is 0 Å². The highest BCUT2D eigenvalue weighted by atomic mass is 35.5. The highest BCUT2D eigenvalue weighted by Gasteiger charge is 2.28. The Hall–Kier alpha value is -2.88. The number of aromatic nitrogens is 4. The molecule has 0 aliphatic carbocycles. The van der Waals surface area contributed by atoms with Gasteiger partial charge in [-0.25, -0.2) is 15.0 Å². The molecule has 3 heterocycles. The number of rotatable bonds is 7. The molecule has 0 fully saturated rings. The summed E-state index contributed by atoms with van der Waals surface area (Å²) in [5.74, 6) is 0.0344. The van der Waals surface area contributed by atoms with Crippen molar-refractivity contribution in [1.82, 2.24) is 25.3 Å². The molecule has 160 valence electrons. The van der Waals surface area contributed by atoms with E-state index in [1.165, 1.54) is 12.4 Å². The molecular formula is C19H20ClF3N6O. The van der Waals surface area contributed by atoms with Crippen LogP contribution in [-0.2, 0) is 4.79 Å². The maximum Gasteiger partial charge on any atom is 0.390 e. The summed E-state index contributed by atoms with van der Waals surface area (Å²) in [5, 5.41) is 6.52. The van der Waals surface area contributed by atoms with Crippen LogP contribution in [0.3, 0.4) is 0 Å². The Morgan fingerprint density at radius 3 is 2.77 bits per heavy atom. The topological polar surface area (TPSA) is 95.6 Å². The molecule has 0 aliphatic heterocycles. The van der Waals surface area contributed by atoms with E-state index in [-0.39, 0.29) is 5.92 Å². The molecule has 0 aromatic carbocycles. The predicted octanol–water partition coefficient (Wildman–Crippen LogP) is 4.18. The molecule has 1 amide bonds. The number of hydrogen-bond donors (Lipinski definition) is 3. The van der Waals surface area contributed by atoms with Crippen molar-refractivity contribution in [2.24, 2.45) is 5.92 Å². The maximum absolute atomic E-state index is 12.4. The van der Waals surface area contributed by atoms with E-state index < -0.39 is 31.1 Å². The Morgan fingerprint density at radius 1 is 1.30 bits per heavy atom. The molecule has 11 heteroatoms. The summed E-state index contributed by atoms with van der Waals surface area (Å²) in [6.07, 6.45) is -0.657. The standard InChI is InChI=1S/C19H20ClF3N6O/c1-10(2)15(18(30)25-6-4-19(21,22)23)28-14-3-5-24-17(29-14)13-9-27-16-12(13)7-11(20)8-26-16/h3,5,7-10,15H,4,6H2,1-2H3,(H,25,30)(H,26,27)(H,24,28,29). The smallest absolute Gasteiger partial charge is 0.358 e. The molecule has 0 bridgehead atoms. The van der Waals surface area contributed by atoms with Crippen LogP contribution in [0.4, 0.5) is 19.0 Å². The molecular weight excluding hydrogens is 421 g/mol. The number of aromatic amines is 1. The Kier molecular flexibility index (Phi) is 6.45. The zero-order chi connectivity index (χ0) is 21.9. The number of H-pyrrole nitrogens is 1. The van der Waals surface area contributed by atoms with Gasteiger partial charge < -0.3 is 15.6 Å². The first kappa shape index (κ1) is 21.8. The zero-order valence-electron chi connectivity index (χ0n) is 16.2. The first-order valence-electron chi connectivity index (χ1n) is 9.21. The van der Waals surface area contributed by atoms with E-state index >= 15 is 0 Å². The normalized spacial score (nSPS) is 12.9. The minimum atomic E-state index is -4.33. The summed E-state index contributed by atoms with van der Waals surface area (Å²) in [6, 6.07) is 2.56. The lowest BCUT2D eigenvalue weighted by Crippen LogP contribution is -2.44. The summed E-state index contributed by atoms with van der Waals surface area (Å²) in [5.41, 5.74) is 1.31. The Morgan fingerprint density at radius 2 is 2.07 bits per heavy atom. The molecule has 1 atom stereocenters. The average molecular weight is 441 g/mol. The third kappa shape index (κ3) is 5.38. The molecule has 3 rings (SSSR count). The lowest BCUT2D eigenvalue weighted by Gasteiger charge is -2.22. The minimum absolute atomic E-state index is 0.189. The van der Waals surface area contributed by atoms with Crippen molar-refractivity contribution < 1.29 is 18.0 Å². The first-order chi connectivity index (χ1) is 14.1. The number of alkyl halides is 3. The van der Waals surface area contributed by atoms with Crippen molar-refractivity contribution >= 4 is 34.4 Å². The number of halogens is 4. The summed E-state index contributed by atoms with van der Waals surface area (Å²) in [7, 11) is 0. The molecule has 30 heavy (non-hydrogen) atoms. The Bertz CT molecular complexity index is 1040. The van der Waals surface area contributed by atoms with Crippen molar-refractivity contribution in [2.75, 3.05) is 11.9 Å². The molecule has 1 unspecified atom stereocenters. The number of amides is 1. The van der Waals surface area contributed by atoms with Crippen molar-refractivity contribution in [3.05, 3.63) is 35.7 Å². The summed E-state index contributed by atoms with van der Waals surface area (Å²) < 4.78 is 37.0. The van der Waals surface area contributed by atoms with Crippen LogP contribution in [0.2, 0.25) is 5.02 Å². The van der Waals surface area contributed by atoms with Crippen LogP contribution in [-0.4, -0.2) is 44.6 Å².